The van der Waals surface area contributed by atoms with E-state index in [1.807, 2.05) is 37.8 Å². The molecule has 1 aliphatic heterocycles. The molecule has 5 heteroatoms. The van der Waals surface area contributed by atoms with Crippen molar-refractivity contribution in [1.82, 2.24) is 10.2 Å². The Kier molecular flexibility index (Phi) is 5.20. The number of carbonyl (C=O) groups is 1. The van der Waals surface area contributed by atoms with Crippen LogP contribution in [-0.4, -0.2) is 48.9 Å². The SMILES string of the molecule is COc1ccccc1CC(C)NC1CC2(C1)CN(C(=O)OC(C)(C)C)C2. The summed E-state index contributed by atoms with van der Waals surface area (Å²) in [5.74, 6) is 0.957. The van der Waals surface area contributed by atoms with Crippen molar-refractivity contribution in [2.45, 2.75) is 64.6 Å². The highest BCUT2D eigenvalue weighted by atomic mass is 16.6. The van der Waals surface area contributed by atoms with E-state index in [1.165, 1.54) is 5.56 Å². The molecule has 5 nitrogen and oxygen atoms in total. The molecule has 144 valence electrons. The summed E-state index contributed by atoms with van der Waals surface area (Å²) in [5, 5.41) is 3.73. The average Bonchev–Trinajstić information content (AvgIpc) is 2.46. The minimum Gasteiger partial charge on any atom is -0.496 e. The molecular formula is C21H32N2O3. The van der Waals surface area contributed by atoms with Crippen molar-refractivity contribution in [2.75, 3.05) is 20.2 Å². The average molecular weight is 360 g/mol. The minimum atomic E-state index is -0.419. The summed E-state index contributed by atoms with van der Waals surface area (Å²) in [7, 11) is 1.72. The van der Waals surface area contributed by atoms with Gasteiger partial charge in [0.25, 0.3) is 0 Å². The molecule has 1 amide bonds. The molecule has 1 N–H and O–H groups in total. The molecule has 1 saturated carbocycles. The van der Waals surface area contributed by atoms with Crippen LogP contribution >= 0.6 is 0 Å². The smallest absolute Gasteiger partial charge is 0.410 e. The highest BCUT2D eigenvalue weighted by Crippen LogP contribution is 2.48. The third kappa shape index (κ3) is 4.32. The van der Waals surface area contributed by atoms with Gasteiger partial charge in [0, 0.05) is 30.6 Å². The second-order valence-corrected chi connectivity index (χ2v) is 9.03. The molecule has 3 rings (SSSR count). The number of hydrogen-bond acceptors (Lipinski definition) is 4. The Morgan fingerprint density at radius 2 is 1.96 bits per heavy atom. The summed E-state index contributed by atoms with van der Waals surface area (Å²) in [6.07, 6.45) is 3.06. The van der Waals surface area contributed by atoms with Crippen LogP contribution in [0, 0.1) is 5.41 Å². The van der Waals surface area contributed by atoms with Gasteiger partial charge in [0.1, 0.15) is 11.4 Å². The number of amides is 1. The third-order valence-electron chi connectivity index (χ3n) is 5.30. The van der Waals surface area contributed by atoms with Crippen LogP contribution in [0.1, 0.15) is 46.1 Å². The molecule has 0 aromatic heterocycles. The fourth-order valence-electron chi connectivity index (χ4n) is 4.24. The Morgan fingerprint density at radius 1 is 1.31 bits per heavy atom. The van der Waals surface area contributed by atoms with Gasteiger partial charge < -0.3 is 19.7 Å². The maximum atomic E-state index is 12.1. The fourth-order valence-corrected chi connectivity index (χ4v) is 4.24. The van der Waals surface area contributed by atoms with Gasteiger partial charge in [0.05, 0.1) is 7.11 Å². The molecule has 1 atom stereocenters. The third-order valence-corrected chi connectivity index (χ3v) is 5.30. The van der Waals surface area contributed by atoms with Gasteiger partial charge in [-0.05, 0) is 58.6 Å². The lowest BCUT2D eigenvalue weighted by Gasteiger charge is -2.59. The van der Waals surface area contributed by atoms with E-state index in [9.17, 15) is 4.79 Å². The molecular weight excluding hydrogens is 328 g/mol. The summed E-state index contributed by atoms with van der Waals surface area (Å²) in [5.41, 5.74) is 1.14. The molecule has 2 fully saturated rings. The summed E-state index contributed by atoms with van der Waals surface area (Å²) < 4.78 is 10.9. The number of hydrogen-bond donors (Lipinski definition) is 1. The first-order valence-electron chi connectivity index (χ1n) is 9.56. The number of para-hydroxylation sites is 1. The van der Waals surface area contributed by atoms with E-state index >= 15 is 0 Å². The first-order valence-corrected chi connectivity index (χ1v) is 9.56. The Morgan fingerprint density at radius 3 is 2.58 bits per heavy atom. The Bertz CT molecular complexity index is 639. The van der Waals surface area contributed by atoms with Crippen LogP contribution < -0.4 is 10.1 Å². The van der Waals surface area contributed by atoms with Crippen molar-refractivity contribution in [3.8, 4) is 5.75 Å². The van der Waals surface area contributed by atoms with Gasteiger partial charge in [0.15, 0.2) is 0 Å². The molecule has 1 spiro atoms. The topological polar surface area (TPSA) is 50.8 Å². The number of ether oxygens (including phenoxy) is 2. The fraction of sp³-hybridized carbons (Fsp3) is 0.667. The van der Waals surface area contributed by atoms with Crippen LogP contribution in [0.2, 0.25) is 0 Å². The Labute approximate surface area is 157 Å². The zero-order valence-corrected chi connectivity index (χ0v) is 16.7. The largest absolute Gasteiger partial charge is 0.496 e. The van der Waals surface area contributed by atoms with Crippen molar-refractivity contribution < 1.29 is 14.3 Å². The molecule has 1 aromatic carbocycles. The number of likely N-dealkylation sites (tertiary alicyclic amines) is 1. The molecule has 2 aliphatic rings. The highest BCUT2D eigenvalue weighted by Gasteiger charge is 2.54. The van der Waals surface area contributed by atoms with Crippen molar-refractivity contribution >= 4 is 6.09 Å². The zero-order chi connectivity index (χ0) is 18.9. The number of carbonyl (C=O) groups excluding carboxylic acids is 1. The molecule has 0 bridgehead atoms. The molecule has 26 heavy (non-hydrogen) atoms. The van der Waals surface area contributed by atoms with Gasteiger partial charge in [-0.25, -0.2) is 4.79 Å². The van der Waals surface area contributed by atoms with Gasteiger partial charge in [-0.15, -0.1) is 0 Å². The minimum absolute atomic E-state index is 0.177. The molecule has 1 unspecified atom stereocenters. The normalized spacial score (nSPS) is 20.3. The number of methoxy groups -OCH3 is 1. The molecule has 1 saturated heterocycles. The van der Waals surface area contributed by atoms with E-state index in [0.29, 0.717) is 17.5 Å². The summed E-state index contributed by atoms with van der Waals surface area (Å²) >= 11 is 0. The van der Waals surface area contributed by atoms with Gasteiger partial charge in [-0.2, -0.15) is 0 Å². The van der Waals surface area contributed by atoms with Crippen molar-refractivity contribution in [1.29, 1.82) is 0 Å². The molecule has 1 aromatic rings. The van der Waals surface area contributed by atoms with E-state index in [4.69, 9.17) is 9.47 Å². The highest BCUT2D eigenvalue weighted by molar-refractivity contribution is 5.69. The first kappa shape index (κ1) is 19.0. The number of benzene rings is 1. The predicted molar refractivity (Wildman–Crippen MR) is 103 cm³/mol. The van der Waals surface area contributed by atoms with E-state index in [2.05, 4.69) is 24.4 Å². The van der Waals surface area contributed by atoms with E-state index in [0.717, 1.165) is 38.1 Å². The zero-order valence-electron chi connectivity index (χ0n) is 16.7. The Hall–Kier alpha value is -1.75. The van der Waals surface area contributed by atoms with Crippen molar-refractivity contribution in [2.24, 2.45) is 5.41 Å². The van der Waals surface area contributed by atoms with Crippen LogP contribution in [0.15, 0.2) is 24.3 Å². The van der Waals surface area contributed by atoms with Crippen molar-refractivity contribution in [3.05, 3.63) is 29.8 Å². The van der Waals surface area contributed by atoms with E-state index in [1.54, 1.807) is 7.11 Å². The van der Waals surface area contributed by atoms with Gasteiger partial charge in [-0.1, -0.05) is 18.2 Å². The second kappa shape index (κ2) is 7.10. The number of nitrogens with one attached hydrogen (secondary N) is 1. The maximum absolute atomic E-state index is 12.1. The van der Waals surface area contributed by atoms with Crippen LogP contribution in [0.5, 0.6) is 5.75 Å². The quantitative estimate of drug-likeness (QED) is 0.871. The van der Waals surface area contributed by atoms with Crippen LogP contribution in [0.4, 0.5) is 4.79 Å². The van der Waals surface area contributed by atoms with E-state index < -0.39 is 5.60 Å². The first-order chi connectivity index (χ1) is 12.2. The summed E-state index contributed by atoms with van der Waals surface area (Å²) in [6, 6.07) is 9.14. The Balaban J connectivity index is 1.40. The number of nitrogens with zero attached hydrogens (tertiary/aromatic N) is 1. The van der Waals surface area contributed by atoms with Crippen LogP contribution in [0.3, 0.4) is 0 Å². The predicted octanol–water partition coefficient (Wildman–Crippen LogP) is 3.62. The standard InChI is InChI=1S/C21H32N2O3/c1-15(10-16-8-6-7-9-18(16)25-5)22-17-11-21(12-17)13-23(14-21)19(24)26-20(2,3)4/h6-9,15,17,22H,10-14H2,1-5H3. The molecule has 1 aliphatic carbocycles. The van der Waals surface area contributed by atoms with Crippen LogP contribution in [0.25, 0.3) is 0 Å². The monoisotopic (exact) mass is 360 g/mol. The lowest BCUT2D eigenvalue weighted by atomic mass is 9.60. The number of rotatable bonds is 5. The van der Waals surface area contributed by atoms with Gasteiger partial charge in [0.2, 0.25) is 0 Å². The maximum Gasteiger partial charge on any atom is 0.410 e. The van der Waals surface area contributed by atoms with Crippen molar-refractivity contribution in [3.63, 3.8) is 0 Å². The lowest BCUT2D eigenvalue weighted by molar-refractivity contribution is -0.0840. The molecule has 1 heterocycles. The molecule has 0 radical (unpaired) electrons. The van der Waals surface area contributed by atoms with E-state index in [-0.39, 0.29) is 6.09 Å². The lowest BCUT2D eigenvalue weighted by Crippen LogP contribution is -2.68. The summed E-state index contributed by atoms with van der Waals surface area (Å²) in [6.45, 7) is 9.62. The second-order valence-electron chi connectivity index (χ2n) is 9.03. The van der Waals surface area contributed by atoms with Gasteiger partial charge in [-0.3, -0.25) is 0 Å². The van der Waals surface area contributed by atoms with Crippen LogP contribution in [-0.2, 0) is 11.2 Å². The summed E-state index contributed by atoms with van der Waals surface area (Å²) in [4.78, 5) is 13.9. The van der Waals surface area contributed by atoms with Gasteiger partial charge >= 0.3 is 6.09 Å².